The van der Waals surface area contributed by atoms with Gasteiger partial charge in [-0.1, -0.05) is 0 Å². The topological polar surface area (TPSA) is 91.8 Å². The Morgan fingerprint density at radius 3 is 2.64 bits per heavy atom. The predicted molar refractivity (Wildman–Crippen MR) is 78.5 cm³/mol. The van der Waals surface area contributed by atoms with E-state index in [4.69, 9.17) is 5.11 Å². The second-order valence-electron chi connectivity index (χ2n) is 4.55. The van der Waals surface area contributed by atoms with Gasteiger partial charge >= 0.3 is 5.97 Å². The van der Waals surface area contributed by atoms with Crippen LogP contribution in [0.2, 0.25) is 0 Å². The molecule has 0 aromatic carbocycles. The lowest BCUT2D eigenvalue weighted by atomic mass is 10.1. The van der Waals surface area contributed by atoms with Crippen molar-refractivity contribution in [2.45, 2.75) is 0 Å². The highest BCUT2D eigenvalue weighted by Crippen LogP contribution is 2.25. The molecule has 0 unspecified atom stereocenters. The summed E-state index contributed by atoms with van der Waals surface area (Å²) in [6.45, 7) is 0. The van der Waals surface area contributed by atoms with Gasteiger partial charge in [0.15, 0.2) is 0 Å². The molecule has 6 heteroatoms. The molecule has 0 bridgehead atoms. The Morgan fingerprint density at radius 2 is 1.95 bits per heavy atom. The van der Waals surface area contributed by atoms with Crippen LogP contribution in [0.1, 0.15) is 15.9 Å². The molecule has 1 N–H and O–H groups in total. The van der Waals surface area contributed by atoms with E-state index in [1.807, 2.05) is 12.1 Å². The zero-order valence-corrected chi connectivity index (χ0v) is 11.3. The Labute approximate surface area is 125 Å². The number of carboxylic acid groups (broad SMARTS) is 1. The number of carbonyl (C=O) groups is 1. The molecule has 6 nitrogen and oxygen atoms in total. The highest BCUT2D eigenvalue weighted by Gasteiger charge is 2.11. The molecule has 0 fully saturated rings. The first-order valence-corrected chi connectivity index (χ1v) is 6.41. The van der Waals surface area contributed by atoms with E-state index in [0.717, 1.165) is 11.1 Å². The van der Waals surface area contributed by atoms with Crippen LogP contribution in [0.15, 0.2) is 55.2 Å². The third kappa shape index (κ3) is 2.43. The molecule has 0 amide bonds. The van der Waals surface area contributed by atoms with Crippen molar-refractivity contribution >= 4 is 5.97 Å². The predicted octanol–water partition coefficient (Wildman–Crippen LogP) is 2.50. The van der Waals surface area contributed by atoms with Crippen molar-refractivity contribution < 1.29 is 9.90 Å². The highest BCUT2D eigenvalue weighted by atomic mass is 16.4. The van der Waals surface area contributed by atoms with Gasteiger partial charge in [-0.2, -0.15) is 5.26 Å². The number of nitriles is 1. The van der Waals surface area contributed by atoms with E-state index in [9.17, 15) is 10.1 Å². The standard InChI is InChI=1S/C16H10N4O2/c17-8-13-9-20(10-14(13)11-1-4-18-5-2-11)15-7-12(16(21)22)3-6-19-15/h1-7,9-10H,(H,21,22). The Kier molecular flexibility index (Phi) is 3.38. The number of hydrogen-bond donors (Lipinski definition) is 1. The maximum Gasteiger partial charge on any atom is 0.335 e. The molecule has 3 aromatic heterocycles. The quantitative estimate of drug-likeness (QED) is 0.800. The van der Waals surface area contributed by atoms with Crippen LogP contribution in [-0.2, 0) is 0 Å². The number of hydrogen-bond acceptors (Lipinski definition) is 4. The Morgan fingerprint density at radius 1 is 1.18 bits per heavy atom. The minimum atomic E-state index is -1.02. The van der Waals surface area contributed by atoms with Crippen LogP contribution in [0.5, 0.6) is 0 Å². The SMILES string of the molecule is N#Cc1cn(-c2cc(C(=O)O)ccn2)cc1-c1ccncc1. The Balaban J connectivity index is 2.11. The van der Waals surface area contributed by atoms with E-state index in [1.165, 1.54) is 18.3 Å². The van der Waals surface area contributed by atoms with Crippen molar-refractivity contribution in [3.05, 3.63) is 66.4 Å². The molecule has 0 saturated carbocycles. The molecule has 0 radical (unpaired) electrons. The first-order chi connectivity index (χ1) is 10.7. The van der Waals surface area contributed by atoms with Crippen molar-refractivity contribution in [2.24, 2.45) is 0 Å². The van der Waals surface area contributed by atoms with Crippen LogP contribution >= 0.6 is 0 Å². The minimum Gasteiger partial charge on any atom is -0.478 e. The highest BCUT2D eigenvalue weighted by molar-refractivity contribution is 5.88. The molecular formula is C16H10N4O2. The third-order valence-corrected chi connectivity index (χ3v) is 3.20. The normalized spacial score (nSPS) is 10.1. The molecule has 106 valence electrons. The van der Waals surface area contributed by atoms with Crippen molar-refractivity contribution in [1.82, 2.24) is 14.5 Å². The van der Waals surface area contributed by atoms with Gasteiger partial charge < -0.3 is 9.67 Å². The van der Waals surface area contributed by atoms with Crippen LogP contribution in [0.25, 0.3) is 16.9 Å². The lowest BCUT2D eigenvalue weighted by Gasteiger charge is -2.02. The first-order valence-electron chi connectivity index (χ1n) is 6.41. The van der Waals surface area contributed by atoms with E-state index < -0.39 is 5.97 Å². The summed E-state index contributed by atoms with van der Waals surface area (Å²) < 4.78 is 1.64. The first kappa shape index (κ1) is 13.5. The average Bonchev–Trinajstić information content (AvgIpc) is 3.00. The number of nitrogens with zero attached hydrogens (tertiary/aromatic N) is 4. The fraction of sp³-hybridized carbons (Fsp3) is 0. The lowest BCUT2D eigenvalue weighted by Crippen LogP contribution is -2.00. The zero-order valence-electron chi connectivity index (χ0n) is 11.3. The van der Waals surface area contributed by atoms with Gasteiger partial charge in [0.1, 0.15) is 11.9 Å². The van der Waals surface area contributed by atoms with Gasteiger partial charge in [-0.05, 0) is 29.8 Å². The fourth-order valence-corrected chi connectivity index (χ4v) is 2.13. The molecule has 3 aromatic rings. The minimum absolute atomic E-state index is 0.141. The van der Waals surface area contributed by atoms with Gasteiger partial charge in [0, 0.05) is 36.5 Å². The summed E-state index contributed by atoms with van der Waals surface area (Å²) in [7, 11) is 0. The molecule has 3 rings (SSSR count). The third-order valence-electron chi connectivity index (χ3n) is 3.20. The molecule has 0 aliphatic carbocycles. The maximum atomic E-state index is 11.0. The summed E-state index contributed by atoms with van der Waals surface area (Å²) in [6, 6.07) is 8.63. The number of aromatic nitrogens is 3. The molecule has 22 heavy (non-hydrogen) atoms. The largest absolute Gasteiger partial charge is 0.478 e. The second kappa shape index (κ2) is 5.50. The molecule has 0 aliphatic heterocycles. The molecular weight excluding hydrogens is 280 g/mol. The maximum absolute atomic E-state index is 11.0. The van der Waals surface area contributed by atoms with E-state index >= 15 is 0 Å². The van der Waals surface area contributed by atoms with E-state index in [-0.39, 0.29) is 5.56 Å². The lowest BCUT2D eigenvalue weighted by molar-refractivity contribution is 0.0696. The summed E-state index contributed by atoms with van der Waals surface area (Å²) in [5, 5.41) is 18.3. The summed E-state index contributed by atoms with van der Waals surface area (Å²) in [4.78, 5) is 19.1. The van der Waals surface area contributed by atoms with Crippen molar-refractivity contribution in [3.8, 4) is 23.0 Å². The zero-order chi connectivity index (χ0) is 15.5. The average molecular weight is 290 g/mol. The molecule has 0 aliphatic rings. The van der Waals surface area contributed by atoms with Crippen molar-refractivity contribution in [3.63, 3.8) is 0 Å². The van der Waals surface area contributed by atoms with Gasteiger partial charge in [-0.3, -0.25) is 4.98 Å². The van der Waals surface area contributed by atoms with E-state index in [0.29, 0.717) is 11.4 Å². The summed E-state index contributed by atoms with van der Waals surface area (Å²) in [5.74, 6) is -0.581. The second-order valence-corrected chi connectivity index (χ2v) is 4.55. The molecule has 0 atom stereocenters. The number of aromatic carboxylic acids is 1. The van der Waals surface area contributed by atoms with Crippen molar-refractivity contribution in [1.29, 1.82) is 5.26 Å². The summed E-state index contributed by atoms with van der Waals surface area (Å²) in [6.07, 6.45) is 8.11. The van der Waals surface area contributed by atoms with Crippen LogP contribution < -0.4 is 0 Å². The Bertz CT molecular complexity index is 879. The monoisotopic (exact) mass is 290 g/mol. The number of rotatable bonds is 3. The molecule has 3 heterocycles. The van der Waals surface area contributed by atoms with Gasteiger partial charge in [0.05, 0.1) is 11.1 Å². The number of pyridine rings is 2. The summed E-state index contributed by atoms with van der Waals surface area (Å²) in [5.41, 5.74) is 2.23. The van der Waals surface area contributed by atoms with Crippen LogP contribution in [0.4, 0.5) is 0 Å². The van der Waals surface area contributed by atoms with Crippen molar-refractivity contribution in [2.75, 3.05) is 0 Å². The van der Waals surface area contributed by atoms with Gasteiger partial charge in [-0.15, -0.1) is 0 Å². The summed E-state index contributed by atoms with van der Waals surface area (Å²) >= 11 is 0. The van der Waals surface area contributed by atoms with Gasteiger partial charge in [0.25, 0.3) is 0 Å². The van der Waals surface area contributed by atoms with Crippen LogP contribution in [-0.4, -0.2) is 25.6 Å². The smallest absolute Gasteiger partial charge is 0.335 e. The van der Waals surface area contributed by atoms with Crippen LogP contribution in [0.3, 0.4) is 0 Å². The van der Waals surface area contributed by atoms with E-state index in [1.54, 1.807) is 29.4 Å². The van der Waals surface area contributed by atoms with Crippen LogP contribution in [0, 0.1) is 11.3 Å². The van der Waals surface area contributed by atoms with Gasteiger partial charge in [-0.25, -0.2) is 9.78 Å². The molecule has 0 saturated heterocycles. The number of carboxylic acids is 1. The molecule has 0 spiro atoms. The fourth-order valence-electron chi connectivity index (χ4n) is 2.13. The van der Waals surface area contributed by atoms with E-state index in [2.05, 4.69) is 16.0 Å². The van der Waals surface area contributed by atoms with Gasteiger partial charge in [0.2, 0.25) is 0 Å². The Hall–Kier alpha value is -3.46.